The first-order chi connectivity index (χ1) is 7.29. The Morgan fingerprint density at radius 2 is 1.80 bits per heavy atom. The number of carbonyl (C=O) groups excluding carboxylic acids is 1. The highest BCUT2D eigenvalue weighted by Crippen LogP contribution is 2.36. The van der Waals surface area contributed by atoms with Crippen LogP contribution in [0, 0.1) is 23.7 Å². The number of rotatable bonds is 2. The fourth-order valence-electron chi connectivity index (χ4n) is 3.23. The van der Waals surface area contributed by atoms with E-state index < -0.39 is 0 Å². The van der Waals surface area contributed by atoms with E-state index in [4.69, 9.17) is 0 Å². The zero-order chi connectivity index (χ0) is 10.7. The molecule has 0 spiro atoms. The summed E-state index contributed by atoms with van der Waals surface area (Å²) in [6.45, 7) is 4.41. The molecule has 2 atom stereocenters. The molecule has 0 radical (unpaired) electrons. The van der Waals surface area contributed by atoms with Gasteiger partial charge in [0.2, 0.25) is 0 Å². The van der Waals surface area contributed by atoms with E-state index in [0.717, 1.165) is 43.6 Å². The van der Waals surface area contributed by atoms with Gasteiger partial charge in [0.05, 0.1) is 0 Å². The van der Waals surface area contributed by atoms with Crippen molar-refractivity contribution in [3.63, 3.8) is 0 Å². The van der Waals surface area contributed by atoms with Crippen molar-refractivity contribution in [1.29, 1.82) is 0 Å². The van der Waals surface area contributed by atoms with Crippen LogP contribution >= 0.6 is 0 Å². The predicted octanol–water partition coefficient (Wildman–Crippen LogP) is 2.24. The van der Waals surface area contributed by atoms with Crippen LogP contribution in [0.1, 0.15) is 39.0 Å². The molecule has 0 bridgehead atoms. The quantitative estimate of drug-likeness (QED) is 0.707. The maximum Gasteiger partial charge on any atom is 0.124 e. The highest BCUT2D eigenvalue weighted by Gasteiger charge is 2.30. The Bertz CT molecular complexity index is 209. The molecule has 1 saturated heterocycles. The zero-order valence-electron chi connectivity index (χ0n) is 9.74. The van der Waals surface area contributed by atoms with E-state index in [2.05, 4.69) is 12.2 Å². The fraction of sp³-hybridized carbons (Fsp3) is 0.923. The highest BCUT2D eigenvalue weighted by molar-refractivity contribution is 5.54. The van der Waals surface area contributed by atoms with Gasteiger partial charge in [-0.2, -0.15) is 0 Å². The molecule has 2 nitrogen and oxygen atoms in total. The Hall–Kier alpha value is -0.370. The van der Waals surface area contributed by atoms with E-state index in [9.17, 15) is 4.79 Å². The molecular formula is C13H23NO. The molecular weight excluding hydrogens is 186 g/mol. The first-order valence-electron chi connectivity index (χ1n) is 6.45. The fourth-order valence-corrected chi connectivity index (χ4v) is 3.23. The normalized spacial score (nSPS) is 42.5. The second kappa shape index (κ2) is 5.11. The zero-order valence-corrected chi connectivity index (χ0v) is 9.74. The molecule has 2 fully saturated rings. The molecule has 2 aliphatic rings. The standard InChI is InChI=1S/C13H23NO/c1-10-2-4-12(5-3-10)13-6-11(9-15)7-14-8-13/h9-14H,2-8H2,1H3. The summed E-state index contributed by atoms with van der Waals surface area (Å²) in [5, 5.41) is 3.41. The van der Waals surface area contributed by atoms with Gasteiger partial charge in [0.1, 0.15) is 6.29 Å². The Labute approximate surface area is 92.8 Å². The Kier molecular flexibility index (Phi) is 3.79. The molecule has 86 valence electrons. The minimum Gasteiger partial charge on any atom is -0.316 e. The molecule has 2 unspecified atom stereocenters. The maximum atomic E-state index is 10.8. The van der Waals surface area contributed by atoms with E-state index in [-0.39, 0.29) is 5.92 Å². The molecule has 1 N–H and O–H groups in total. The lowest BCUT2D eigenvalue weighted by molar-refractivity contribution is -0.112. The van der Waals surface area contributed by atoms with Crippen LogP contribution in [0.3, 0.4) is 0 Å². The van der Waals surface area contributed by atoms with Gasteiger partial charge in [-0.05, 0) is 43.6 Å². The SMILES string of the molecule is CC1CCC(C2CNCC(C=O)C2)CC1. The molecule has 1 saturated carbocycles. The van der Waals surface area contributed by atoms with E-state index in [1.165, 1.54) is 25.7 Å². The van der Waals surface area contributed by atoms with E-state index in [1.807, 2.05) is 0 Å². The van der Waals surface area contributed by atoms with Crippen molar-refractivity contribution in [2.75, 3.05) is 13.1 Å². The predicted molar refractivity (Wildman–Crippen MR) is 61.7 cm³/mol. The summed E-state index contributed by atoms with van der Waals surface area (Å²) in [6.07, 6.45) is 7.85. The van der Waals surface area contributed by atoms with Crippen LogP contribution < -0.4 is 5.32 Å². The van der Waals surface area contributed by atoms with E-state index in [1.54, 1.807) is 0 Å². The maximum absolute atomic E-state index is 10.8. The van der Waals surface area contributed by atoms with Crippen molar-refractivity contribution in [3.8, 4) is 0 Å². The molecule has 1 heterocycles. The van der Waals surface area contributed by atoms with Crippen molar-refractivity contribution in [2.24, 2.45) is 23.7 Å². The van der Waals surface area contributed by atoms with Gasteiger partial charge in [-0.1, -0.05) is 19.8 Å². The van der Waals surface area contributed by atoms with Crippen LogP contribution in [-0.4, -0.2) is 19.4 Å². The molecule has 1 aliphatic heterocycles. The van der Waals surface area contributed by atoms with Crippen LogP contribution in [0.25, 0.3) is 0 Å². The van der Waals surface area contributed by atoms with Gasteiger partial charge in [-0.25, -0.2) is 0 Å². The smallest absolute Gasteiger partial charge is 0.124 e. The van der Waals surface area contributed by atoms with Gasteiger partial charge in [0.25, 0.3) is 0 Å². The Morgan fingerprint density at radius 1 is 1.07 bits per heavy atom. The second-order valence-corrected chi connectivity index (χ2v) is 5.57. The average Bonchev–Trinajstić information content (AvgIpc) is 2.30. The molecule has 2 heteroatoms. The number of hydrogen-bond acceptors (Lipinski definition) is 2. The second-order valence-electron chi connectivity index (χ2n) is 5.57. The van der Waals surface area contributed by atoms with Gasteiger partial charge in [0.15, 0.2) is 0 Å². The van der Waals surface area contributed by atoms with Gasteiger partial charge in [-0.3, -0.25) is 0 Å². The third-order valence-corrected chi connectivity index (χ3v) is 4.34. The summed E-state index contributed by atoms with van der Waals surface area (Å²) in [4.78, 5) is 10.8. The van der Waals surface area contributed by atoms with E-state index >= 15 is 0 Å². The summed E-state index contributed by atoms with van der Waals surface area (Å²) in [7, 11) is 0. The van der Waals surface area contributed by atoms with Gasteiger partial charge >= 0.3 is 0 Å². The first-order valence-corrected chi connectivity index (χ1v) is 6.45. The van der Waals surface area contributed by atoms with Crippen molar-refractivity contribution in [3.05, 3.63) is 0 Å². The average molecular weight is 209 g/mol. The van der Waals surface area contributed by atoms with E-state index in [0.29, 0.717) is 0 Å². The van der Waals surface area contributed by atoms with Crippen LogP contribution in [0.4, 0.5) is 0 Å². The summed E-state index contributed by atoms with van der Waals surface area (Å²) < 4.78 is 0. The monoisotopic (exact) mass is 209 g/mol. The minimum atomic E-state index is 0.281. The molecule has 15 heavy (non-hydrogen) atoms. The van der Waals surface area contributed by atoms with Crippen LogP contribution in [-0.2, 0) is 4.79 Å². The summed E-state index contributed by atoms with van der Waals surface area (Å²) >= 11 is 0. The van der Waals surface area contributed by atoms with Crippen LogP contribution in [0.2, 0.25) is 0 Å². The number of carbonyl (C=O) groups is 1. The highest BCUT2D eigenvalue weighted by atomic mass is 16.1. The topological polar surface area (TPSA) is 29.1 Å². The summed E-state index contributed by atoms with van der Waals surface area (Å²) in [5.74, 6) is 2.86. The lowest BCUT2D eigenvalue weighted by Crippen LogP contribution is -2.40. The van der Waals surface area contributed by atoms with Gasteiger partial charge in [-0.15, -0.1) is 0 Å². The summed E-state index contributed by atoms with van der Waals surface area (Å²) in [6, 6.07) is 0. The van der Waals surface area contributed by atoms with Crippen molar-refractivity contribution >= 4 is 6.29 Å². The number of nitrogens with one attached hydrogen (secondary N) is 1. The molecule has 0 aromatic carbocycles. The Morgan fingerprint density at radius 3 is 2.47 bits per heavy atom. The first kappa shape index (κ1) is 11.1. The minimum absolute atomic E-state index is 0.281. The lowest BCUT2D eigenvalue weighted by atomic mass is 9.72. The van der Waals surface area contributed by atoms with Gasteiger partial charge in [0, 0.05) is 12.5 Å². The Balaban J connectivity index is 1.84. The molecule has 2 rings (SSSR count). The molecule has 0 aromatic rings. The van der Waals surface area contributed by atoms with Crippen LogP contribution in [0.5, 0.6) is 0 Å². The molecule has 0 aromatic heterocycles. The van der Waals surface area contributed by atoms with Crippen molar-refractivity contribution in [1.82, 2.24) is 5.32 Å². The third-order valence-electron chi connectivity index (χ3n) is 4.34. The number of piperidine rings is 1. The number of hydrogen-bond donors (Lipinski definition) is 1. The number of aldehydes is 1. The molecule has 0 amide bonds. The largest absolute Gasteiger partial charge is 0.316 e. The lowest BCUT2D eigenvalue weighted by Gasteiger charge is -2.36. The van der Waals surface area contributed by atoms with Crippen molar-refractivity contribution in [2.45, 2.75) is 39.0 Å². The van der Waals surface area contributed by atoms with Crippen LogP contribution in [0.15, 0.2) is 0 Å². The third kappa shape index (κ3) is 2.81. The van der Waals surface area contributed by atoms with Crippen molar-refractivity contribution < 1.29 is 4.79 Å². The summed E-state index contributed by atoms with van der Waals surface area (Å²) in [5.41, 5.74) is 0. The van der Waals surface area contributed by atoms with Gasteiger partial charge < -0.3 is 10.1 Å². The molecule has 1 aliphatic carbocycles.